The maximum Gasteiger partial charge on any atom is 0.383 e. The molecule has 0 spiro atoms. The van der Waals surface area contributed by atoms with Crippen LogP contribution in [0.1, 0.15) is 112 Å². The largest absolute Gasteiger partial charge is 0.383 e. The molecule has 36 heavy (non-hydrogen) atoms. The van der Waals surface area contributed by atoms with E-state index in [0.717, 1.165) is 42.7 Å². The summed E-state index contributed by atoms with van der Waals surface area (Å²) in [5.74, 6) is 2.62. The number of hydrogen-bond acceptors (Lipinski definition) is 1. The molecule has 2 fully saturated rings. The first-order valence-corrected chi connectivity index (χ1v) is 14.3. The molecule has 196 valence electrons. The Labute approximate surface area is 217 Å². The van der Waals surface area contributed by atoms with Gasteiger partial charge in [0.1, 0.15) is 0 Å². The topological polar surface area (TPSA) is 9.23 Å². The van der Waals surface area contributed by atoms with Gasteiger partial charge in [-0.15, -0.1) is 6.58 Å². The van der Waals surface area contributed by atoms with E-state index in [2.05, 4.69) is 37.8 Å². The van der Waals surface area contributed by atoms with Crippen LogP contribution in [-0.4, -0.2) is 6.61 Å². The fourth-order valence-corrected chi connectivity index (χ4v) is 6.25. The summed E-state index contributed by atoms with van der Waals surface area (Å²) in [6.45, 7) is 6.17. The Morgan fingerprint density at radius 3 is 1.94 bits per heavy atom. The molecule has 4 rings (SSSR count). The zero-order valence-corrected chi connectivity index (χ0v) is 22.1. The predicted molar refractivity (Wildman–Crippen MR) is 146 cm³/mol. The van der Waals surface area contributed by atoms with E-state index in [9.17, 15) is 8.78 Å². The van der Waals surface area contributed by atoms with Gasteiger partial charge in [-0.3, -0.25) is 0 Å². The summed E-state index contributed by atoms with van der Waals surface area (Å²) in [5, 5.41) is 0. The minimum atomic E-state index is -3.27. The van der Waals surface area contributed by atoms with Gasteiger partial charge < -0.3 is 4.74 Å². The van der Waals surface area contributed by atoms with E-state index >= 15 is 0 Å². The molecule has 0 N–H and O–H groups in total. The molecule has 0 saturated heterocycles. The lowest BCUT2D eigenvalue weighted by Gasteiger charge is -2.29. The highest BCUT2D eigenvalue weighted by Crippen LogP contribution is 2.39. The van der Waals surface area contributed by atoms with E-state index < -0.39 is 6.11 Å². The second kappa shape index (κ2) is 13.0. The number of hydrogen-bond donors (Lipinski definition) is 0. The third kappa shape index (κ3) is 7.28. The van der Waals surface area contributed by atoms with Gasteiger partial charge in [-0.25, -0.2) is 0 Å². The molecule has 3 heteroatoms. The lowest BCUT2D eigenvalue weighted by atomic mass is 9.77. The van der Waals surface area contributed by atoms with Crippen LogP contribution >= 0.6 is 0 Å². The molecule has 0 radical (unpaired) electrons. The average molecular weight is 495 g/mol. The minimum absolute atomic E-state index is 0.00218. The van der Waals surface area contributed by atoms with E-state index in [4.69, 9.17) is 4.74 Å². The van der Waals surface area contributed by atoms with Crippen molar-refractivity contribution in [1.29, 1.82) is 0 Å². The Kier molecular flexibility index (Phi) is 9.76. The van der Waals surface area contributed by atoms with Crippen molar-refractivity contribution in [2.24, 2.45) is 11.8 Å². The van der Waals surface area contributed by atoms with E-state index in [-0.39, 0.29) is 12.2 Å². The van der Waals surface area contributed by atoms with Crippen molar-refractivity contribution in [3.8, 4) is 0 Å². The van der Waals surface area contributed by atoms with Crippen LogP contribution in [-0.2, 0) is 17.3 Å². The van der Waals surface area contributed by atoms with Gasteiger partial charge in [0.15, 0.2) is 0 Å². The van der Waals surface area contributed by atoms with Gasteiger partial charge in [0.05, 0.1) is 12.2 Å². The highest BCUT2D eigenvalue weighted by molar-refractivity contribution is 5.28. The Morgan fingerprint density at radius 1 is 0.833 bits per heavy atom. The zero-order valence-electron chi connectivity index (χ0n) is 22.1. The van der Waals surface area contributed by atoms with Gasteiger partial charge in [-0.1, -0.05) is 80.8 Å². The van der Waals surface area contributed by atoms with E-state index in [1.165, 1.54) is 50.5 Å². The molecule has 2 aliphatic carbocycles. The van der Waals surface area contributed by atoms with Crippen molar-refractivity contribution in [3.05, 3.63) is 83.4 Å². The molecule has 2 aromatic carbocycles. The second-order valence-electron chi connectivity index (χ2n) is 11.2. The van der Waals surface area contributed by atoms with Crippen LogP contribution in [0.4, 0.5) is 8.78 Å². The SMILES string of the molecule is C=CC1CCC(c2ccc(C(F)(F)OCCc3ccc(C4CCC(CCCC)CC4)cc3)cc2)CC1. The number of benzene rings is 2. The maximum atomic E-state index is 14.7. The molecule has 0 aliphatic heterocycles. The summed E-state index contributed by atoms with van der Waals surface area (Å²) in [6.07, 6.45) is 13.0. The molecular weight excluding hydrogens is 450 g/mol. The number of ether oxygens (including phenoxy) is 1. The van der Waals surface area contributed by atoms with Crippen molar-refractivity contribution < 1.29 is 13.5 Å². The van der Waals surface area contributed by atoms with E-state index in [1.807, 2.05) is 18.2 Å². The minimum Gasteiger partial charge on any atom is -0.316 e. The first-order valence-electron chi connectivity index (χ1n) is 14.3. The zero-order chi connectivity index (χ0) is 25.4. The summed E-state index contributed by atoms with van der Waals surface area (Å²) in [7, 11) is 0. The lowest BCUT2D eigenvalue weighted by Crippen LogP contribution is -2.20. The van der Waals surface area contributed by atoms with Crippen LogP contribution in [0.5, 0.6) is 0 Å². The summed E-state index contributed by atoms with van der Waals surface area (Å²) < 4.78 is 34.5. The normalized spacial score (nSPS) is 25.0. The third-order valence-corrected chi connectivity index (χ3v) is 8.76. The first-order chi connectivity index (χ1) is 17.5. The molecule has 0 aromatic heterocycles. The predicted octanol–water partition coefficient (Wildman–Crippen LogP) is 9.92. The van der Waals surface area contributed by atoms with Gasteiger partial charge in [-0.2, -0.15) is 8.78 Å². The van der Waals surface area contributed by atoms with Crippen LogP contribution in [0.25, 0.3) is 0 Å². The van der Waals surface area contributed by atoms with Gasteiger partial charge >= 0.3 is 6.11 Å². The van der Waals surface area contributed by atoms with E-state index in [1.54, 1.807) is 12.1 Å². The van der Waals surface area contributed by atoms with Gasteiger partial charge in [-0.05, 0) is 98.1 Å². The van der Waals surface area contributed by atoms with Gasteiger partial charge in [0, 0.05) is 0 Å². The monoisotopic (exact) mass is 494 g/mol. The molecule has 0 atom stereocenters. The summed E-state index contributed by atoms with van der Waals surface area (Å²) in [5.41, 5.74) is 3.55. The second-order valence-corrected chi connectivity index (χ2v) is 11.2. The van der Waals surface area contributed by atoms with Crippen LogP contribution < -0.4 is 0 Å². The van der Waals surface area contributed by atoms with Crippen LogP contribution in [0.2, 0.25) is 0 Å². The number of unbranched alkanes of at least 4 members (excludes halogenated alkanes) is 1. The molecule has 2 aromatic rings. The van der Waals surface area contributed by atoms with E-state index in [0.29, 0.717) is 24.2 Å². The van der Waals surface area contributed by atoms with Crippen LogP contribution in [0, 0.1) is 11.8 Å². The number of alkyl halides is 2. The van der Waals surface area contributed by atoms with Crippen molar-refractivity contribution >= 4 is 0 Å². The highest BCUT2D eigenvalue weighted by Gasteiger charge is 2.33. The molecule has 2 aliphatic rings. The fourth-order valence-electron chi connectivity index (χ4n) is 6.25. The fraction of sp³-hybridized carbons (Fsp3) is 0.576. The number of rotatable bonds is 11. The third-order valence-electron chi connectivity index (χ3n) is 8.76. The summed E-state index contributed by atoms with van der Waals surface area (Å²) in [4.78, 5) is 0. The Hall–Kier alpha value is -2.00. The Morgan fingerprint density at radius 2 is 1.39 bits per heavy atom. The average Bonchev–Trinajstić information content (AvgIpc) is 2.93. The molecule has 0 bridgehead atoms. The van der Waals surface area contributed by atoms with Gasteiger partial charge in [0.2, 0.25) is 0 Å². The first kappa shape index (κ1) is 27.0. The quantitative estimate of drug-likeness (QED) is 0.282. The van der Waals surface area contributed by atoms with Crippen molar-refractivity contribution in [3.63, 3.8) is 0 Å². The lowest BCUT2D eigenvalue weighted by molar-refractivity contribution is -0.248. The molecule has 0 unspecified atom stereocenters. The molecule has 2 saturated carbocycles. The standard InChI is InChI=1S/C33H44F2O/c1-3-5-6-26-9-15-29(16-10-26)30-17-11-27(12-18-30)23-24-36-33(34,35)32-21-19-31(20-22-32)28-13-7-25(4-2)8-14-28/h4,11-12,17-22,25-26,28-29H,2-3,5-10,13-16,23-24H2,1H3. The molecule has 1 nitrogen and oxygen atoms in total. The molecule has 0 amide bonds. The Balaban J connectivity index is 1.22. The van der Waals surface area contributed by atoms with Crippen molar-refractivity contribution in [2.75, 3.05) is 6.61 Å². The molecule has 0 heterocycles. The van der Waals surface area contributed by atoms with Crippen molar-refractivity contribution in [2.45, 2.75) is 102 Å². The van der Waals surface area contributed by atoms with Crippen LogP contribution in [0.3, 0.4) is 0 Å². The van der Waals surface area contributed by atoms with Crippen molar-refractivity contribution in [1.82, 2.24) is 0 Å². The van der Waals surface area contributed by atoms with Gasteiger partial charge in [0.25, 0.3) is 0 Å². The highest BCUT2D eigenvalue weighted by atomic mass is 19.3. The smallest absolute Gasteiger partial charge is 0.316 e. The number of allylic oxidation sites excluding steroid dienone is 1. The Bertz CT molecular complexity index is 917. The molecular formula is C33H44F2O. The maximum absolute atomic E-state index is 14.7. The number of halogens is 2. The summed E-state index contributed by atoms with van der Waals surface area (Å²) >= 11 is 0. The van der Waals surface area contributed by atoms with Crippen LogP contribution in [0.15, 0.2) is 61.2 Å². The summed E-state index contributed by atoms with van der Waals surface area (Å²) in [6, 6.07) is 15.4.